The summed E-state index contributed by atoms with van der Waals surface area (Å²) in [4.78, 5) is 36.4. The van der Waals surface area contributed by atoms with Gasteiger partial charge in [0.25, 0.3) is 0 Å². The SMILES string of the molecule is CCc1cc(C(=O)OC)n(N(C(C)=O)C(C)=O)c1Cc1ccccc1. The molecule has 2 amide bonds. The molecule has 0 N–H and O–H groups in total. The molecule has 0 saturated heterocycles. The Morgan fingerprint density at radius 3 is 2.16 bits per heavy atom. The third-order valence-corrected chi connectivity index (χ3v) is 3.95. The first kappa shape index (κ1) is 18.4. The fraction of sp³-hybridized carbons (Fsp3) is 0.316. The summed E-state index contributed by atoms with van der Waals surface area (Å²) in [5.41, 5.74) is 2.78. The number of methoxy groups -OCH3 is 1. The zero-order valence-electron chi connectivity index (χ0n) is 14.9. The van der Waals surface area contributed by atoms with Crippen molar-refractivity contribution in [1.82, 2.24) is 4.68 Å². The van der Waals surface area contributed by atoms with Crippen LogP contribution >= 0.6 is 0 Å². The number of aromatic nitrogens is 1. The smallest absolute Gasteiger partial charge is 0.356 e. The zero-order valence-corrected chi connectivity index (χ0v) is 14.9. The van der Waals surface area contributed by atoms with E-state index in [1.807, 2.05) is 37.3 Å². The Hall–Kier alpha value is -2.89. The van der Waals surface area contributed by atoms with E-state index in [2.05, 4.69) is 0 Å². The first-order valence-corrected chi connectivity index (χ1v) is 8.07. The average molecular weight is 342 g/mol. The fourth-order valence-corrected chi connectivity index (χ4v) is 2.86. The van der Waals surface area contributed by atoms with Gasteiger partial charge in [0, 0.05) is 26.0 Å². The van der Waals surface area contributed by atoms with Crippen LogP contribution in [-0.2, 0) is 27.2 Å². The number of imide groups is 1. The van der Waals surface area contributed by atoms with Gasteiger partial charge in [-0.05, 0) is 23.6 Å². The number of carbonyl (C=O) groups excluding carboxylic acids is 3. The average Bonchev–Trinajstić information content (AvgIpc) is 2.93. The summed E-state index contributed by atoms with van der Waals surface area (Å²) in [6.45, 7) is 4.54. The number of ether oxygens (including phenoxy) is 1. The molecule has 1 aromatic carbocycles. The van der Waals surface area contributed by atoms with E-state index < -0.39 is 17.8 Å². The molecule has 0 atom stereocenters. The summed E-state index contributed by atoms with van der Waals surface area (Å²) in [5, 5.41) is 0.976. The van der Waals surface area contributed by atoms with Gasteiger partial charge >= 0.3 is 5.97 Å². The van der Waals surface area contributed by atoms with Crippen molar-refractivity contribution >= 4 is 17.8 Å². The standard InChI is InChI=1S/C19H22N2O4/c1-5-16-12-18(19(24)25-4)21(20(13(2)22)14(3)23)17(16)11-15-9-7-6-8-10-15/h6-10,12H,5,11H2,1-4H3. The predicted molar refractivity (Wildman–Crippen MR) is 94.0 cm³/mol. The van der Waals surface area contributed by atoms with Crippen LogP contribution in [0, 0.1) is 0 Å². The summed E-state index contributed by atoms with van der Waals surface area (Å²) in [6.07, 6.45) is 1.14. The van der Waals surface area contributed by atoms with Gasteiger partial charge in [0.1, 0.15) is 5.69 Å². The predicted octanol–water partition coefficient (Wildman–Crippen LogP) is 2.46. The Kier molecular flexibility index (Phi) is 5.75. The van der Waals surface area contributed by atoms with Crippen molar-refractivity contribution < 1.29 is 19.1 Å². The number of esters is 1. The maximum atomic E-state index is 12.2. The van der Waals surface area contributed by atoms with Crippen molar-refractivity contribution in [3.8, 4) is 0 Å². The molecule has 0 aliphatic carbocycles. The van der Waals surface area contributed by atoms with Gasteiger partial charge in [0.15, 0.2) is 0 Å². The number of amides is 2. The maximum absolute atomic E-state index is 12.2. The van der Waals surface area contributed by atoms with E-state index in [0.717, 1.165) is 21.8 Å². The lowest BCUT2D eigenvalue weighted by Gasteiger charge is -2.24. The van der Waals surface area contributed by atoms with Crippen LogP contribution in [0.1, 0.15) is 48.1 Å². The Labute approximate surface area is 147 Å². The van der Waals surface area contributed by atoms with Crippen LogP contribution in [0.25, 0.3) is 0 Å². The van der Waals surface area contributed by atoms with Gasteiger partial charge in [-0.15, -0.1) is 0 Å². The van der Waals surface area contributed by atoms with Gasteiger partial charge in [-0.3, -0.25) is 9.59 Å². The lowest BCUT2D eigenvalue weighted by molar-refractivity contribution is -0.126. The van der Waals surface area contributed by atoms with Crippen LogP contribution < -0.4 is 5.01 Å². The number of benzene rings is 1. The van der Waals surface area contributed by atoms with E-state index in [0.29, 0.717) is 12.8 Å². The highest BCUT2D eigenvalue weighted by atomic mass is 16.5. The third kappa shape index (κ3) is 3.79. The minimum Gasteiger partial charge on any atom is -0.464 e. The number of nitrogens with zero attached hydrogens (tertiary/aromatic N) is 2. The molecule has 0 saturated carbocycles. The molecule has 6 nitrogen and oxygen atoms in total. The second-order valence-corrected chi connectivity index (χ2v) is 5.67. The van der Waals surface area contributed by atoms with E-state index in [1.54, 1.807) is 6.07 Å². The van der Waals surface area contributed by atoms with Gasteiger partial charge in [-0.2, -0.15) is 5.01 Å². The van der Waals surface area contributed by atoms with Gasteiger partial charge in [-0.1, -0.05) is 37.3 Å². The number of rotatable bonds is 5. The lowest BCUT2D eigenvalue weighted by atomic mass is 10.1. The molecule has 2 rings (SSSR count). The number of aryl methyl sites for hydroxylation is 1. The first-order chi connectivity index (χ1) is 11.9. The molecule has 2 aromatic rings. The molecule has 0 aliphatic heterocycles. The fourth-order valence-electron chi connectivity index (χ4n) is 2.86. The molecule has 132 valence electrons. The summed E-state index contributed by atoms with van der Waals surface area (Å²) in [6, 6.07) is 11.4. The molecule has 0 fully saturated rings. The Morgan fingerprint density at radius 1 is 1.08 bits per heavy atom. The molecule has 0 unspecified atom stereocenters. The minimum atomic E-state index is -0.596. The van der Waals surface area contributed by atoms with Gasteiger partial charge in [0.05, 0.1) is 7.11 Å². The Bertz CT molecular complexity index is 779. The maximum Gasteiger partial charge on any atom is 0.356 e. The monoisotopic (exact) mass is 342 g/mol. The Balaban J connectivity index is 2.70. The molecule has 6 heteroatoms. The van der Waals surface area contributed by atoms with Crippen LogP contribution in [-0.4, -0.2) is 29.6 Å². The molecule has 25 heavy (non-hydrogen) atoms. The van der Waals surface area contributed by atoms with Gasteiger partial charge in [0.2, 0.25) is 11.8 Å². The largest absolute Gasteiger partial charge is 0.464 e. The first-order valence-electron chi connectivity index (χ1n) is 8.07. The molecule has 0 radical (unpaired) electrons. The van der Waals surface area contributed by atoms with Crippen molar-refractivity contribution in [3.05, 3.63) is 58.9 Å². The number of hydrogen-bond donors (Lipinski definition) is 0. The van der Waals surface area contributed by atoms with E-state index >= 15 is 0 Å². The molecule has 1 heterocycles. The van der Waals surface area contributed by atoms with E-state index in [-0.39, 0.29) is 5.69 Å². The van der Waals surface area contributed by atoms with Crippen molar-refractivity contribution in [3.63, 3.8) is 0 Å². The summed E-state index contributed by atoms with van der Waals surface area (Å²) in [5.74, 6) is -1.53. The second-order valence-electron chi connectivity index (χ2n) is 5.67. The normalized spacial score (nSPS) is 10.4. The van der Waals surface area contributed by atoms with E-state index in [9.17, 15) is 14.4 Å². The number of hydrogen-bond acceptors (Lipinski definition) is 4. The highest BCUT2D eigenvalue weighted by molar-refractivity contribution is 6.07. The molecular weight excluding hydrogens is 320 g/mol. The zero-order chi connectivity index (χ0) is 18.6. The molecule has 0 bridgehead atoms. The molecule has 1 aromatic heterocycles. The topological polar surface area (TPSA) is 68.6 Å². The Morgan fingerprint density at radius 2 is 1.68 bits per heavy atom. The van der Waals surface area contributed by atoms with Crippen molar-refractivity contribution in [2.24, 2.45) is 0 Å². The molecule has 0 aliphatic rings. The summed E-state index contributed by atoms with van der Waals surface area (Å²) >= 11 is 0. The van der Waals surface area contributed by atoms with Crippen molar-refractivity contribution in [2.75, 3.05) is 12.1 Å². The summed E-state index contributed by atoms with van der Waals surface area (Å²) in [7, 11) is 1.27. The highest BCUT2D eigenvalue weighted by Gasteiger charge is 2.28. The van der Waals surface area contributed by atoms with E-state index in [1.165, 1.54) is 25.6 Å². The van der Waals surface area contributed by atoms with E-state index in [4.69, 9.17) is 4.74 Å². The summed E-state index contributed by atoms with van der Waals surface area (Å²) < 4.78 is 6.23. The van der Waals surface area contributed by atoms with Crippen LogP contribution in [0.4, 0.5) is 0 Å². The van der Waals surface area contributed by atoms with Crippen LogP contribution in [0.2, 0.25) is 0 Å². The van der Waals surface area contributed by atoms with Crippen molar-refractivity contribution in [2.45, 2.75) is 33.6 Å². The molecular formula is C19H22N2O4. The van der Waals surface area contributed by atoms with Gasteiger partial charge < -0.3 is 4.74 Å². The van der Waals surface area contributed by atoms with Crippen molar-refractivity contribution in [1.29, 1.82) is 0 Å². The number of carbonyl (C=O) groups is 3. The quantitative estimate of drug-likeness (QED) is 0.783. The van der Waals surface area contributed by atoms with Crippen LogP contribution in [0.5, 0.6) is 0 Å². The lowest BCUT2D eigenvalue weighted by Crippen LogP contribution is -2.45. The molecule has 0 spiro atoms. The third-order valence-electron chi connectivity index (χ3n) is 3.95. The second kappa shape index (κ2) is 7.79. The minimum absolute atomic E-state index is 0.163. The van der Waals surface area contributed by atoms with Crippen LogP contribution in [0.15, 0.2) is 36.4 Å². The highest BCUT2D eigenvalue weighted by Crippen LogP contribution is 2.22. The van der Waals surface area contributed by atoms with Gasteiger partial charge in [-0.25, -0.2) is 9.47 Å². The van der Waals surface area contributed by atoms with Crippen LogP contribution in [0.3, 0.4) is 0 Å².